The molecule has 0 saturated carbocycles. The normalized spacial score (nSPS) is 24.8. The number of imide groups is 1. The van der Waals surface area contributed by atoms with Crippen LogP contribution >= 0.6 is 15.9 Å². The number of aliphatic hydroxyl groups is 1. The molecule has 0 aliphatic carbocycles. The minimum atomic E-state index is -4.56. The maximum atomic E-state index is 13.6. The van der Waals surface area contributed by atoms with Crippen molar-refractivity contribution in [2.75, 3.05) is 64.2 Å². The molecule has 5 atom stereocenters. The summed E-state index contributed by atoms with van der Waals surface area (Å²) in [5.41, 5.74) is 3.13. The van der Waals surface area contributed by atoms with Gasteiger partial charge in [0.25, 0.3) is 32.1 Å². The number of allylic oxidation sites excluding steroid dienone is 6. The van der Waals surface area contributed by atoms with Crippen LogP contribution in [0.2, 0.25) is 0 Å². The van der Waals surface area contributed by atoms with Crippen LogP contribution in [-0.4, -0.2) is 148 Å². The molecule has 1 aromatic carbocycles. The topological polar surface area (TPSA) is 310 Å². The first kappa shape index (κ1) is 65.9. The van der Waals surface area contributed by atoms with E-state index in [1.54, 1.807) is 0 Å². The fraction of sp³-hybridized carbons (Fsp3) is 0.589. The molecule has 1 fully saturated rings. The van der Waals surface area contributed by atoms with Crippen molar-refractivity contribution in [3.05, 3.63) is 81.6 Å². The van der Waals surface area contributed by atoms with Crippen molar-refractivity contribution in [1.82, 2.24) is 21.0 Å². The molecule has 2 aromatic rings. The number of amides is 4. The Morgan fingerprint density at radius 3 is 2.37 bits per heavy atom. The number of hydrogen-bond donors (Lipinski definition) is 6. The van der Waals surface area contributed by atoms with E-state index in [1.165, 1.54) is 19.1 Å². The third kappa shape index (κ3) is 17.6. The molecule has 82 heavy (non-hydrogen) atoms. The monoisotopic (exact) mass is 1250 g/mol. The number of aliphatic imine (C=N–C) groups is 1. The Balaban J connectivity index is 1.22. The van der Waals surface area contributed by atoms with Gasteiger partial charge in [-0.3, -0.25) is 33.6 Å². The van der Waals surface area contributed by atoms with Gasteiger partial charge in [0.05, 0.1) is 71.0 Å². The second-order valence-corrected chi connectivity index (χ2v) is 25.5. The number of nitrogens with one attached hydrogen (secondary N) is 3. The van der Waals surface area contributed by atoms with Crippen LogP contribution in [0.4, 0.5) is 11.5 Å². The van der Waals surface area contributed by atoms with Crippen molar-refractivity contribution in [2.24, 2.45) is 4.99 Å². The number of carbonyl (C=O) groups is 5. The number of rotatable bonds is 16. The Bertz CT molecular complexity index is 2990. The number of aliphatic hydroxyl groups excluding tert-OH is 1. The molecule has 6 rings (SSSR count). The summed E-state index contributed by atoms with van der Waals surface area (Å²) in [5, 5.41) is 19.3. The highest BCUT2D eigenvalue weighted by Crippen LogP contribution is 2.52. The first-order valence-corrected chi connectivity index (χ1v) is 31.6. The highest BCUT2D eigenvalue weighted by atomic mass is 79.9. The van der Waals surface area contributed by atoms with Gasteiger partial charge in [-0.05, 0) is 129 Å². The van der Waals surface area contributed by atoms with Crippen LogP contribution in [0.25, 0.3) is 0 Å². The molecule has 5 heterocycles. The summed E-state index contributed by atoms with van der Waals surface area (Å²) in [4.78, 5) is 74.2. The lowest BCUT2D eigenvalue weighted by atomic mass is 9.77. The molecule has 1 aromatic heterocycles. The number of halogens is 1. The van der Waals surface area contributed by atoms with Crippen molar-refractivity contribution < 1.29 is 78.6 Å². The van der Waals surface area contributed by atoms with Crippen LogP contribution in [-0.2, 0) is 80.6 Å². The number of unbranched alkanes of at least 4 members (excludes halogenated alkanes) is 1. The van der Waals surface area contributed by atoms with Crippen molar-refractivity contribution in [3.8, 4) is 0 Å². The van der Waals surface area contributed by atoms with Gasteiger partial charge in [0, 0.05) is 81.8 Å². The molecule has 6 N–H and O–H groups in total. The first-order chi connectivity index (χ1) is 38.9. The number of carbonyl (C=O) groups excluding carboxylic acids is 5. The molecule has 0 bridgehead atoms. The van der Waals surface area contributed by atoms with Gasteiger partial charge in [0.2, 0.25) is 11.8 Å². The number of benzene rings is 1. The molecule has 452 valence electrons. The second-order valence-electron chi connectivity index (χ2n) is 21.3. The van der Waals surface area contributed by atoms with Gasteiger partial charge in [-0.1, -0.05) is 31.6 Å². The number of aryl methyl sites for hydroxylation is 2. The number of hydroxylamine groups is 2. The van der Waals surface area contributed by atoms with Crippen molar-refractivity contribution in [1.29, 1.82) is 0 Å². The van der Waals surface area contributed by atoms with Crippen LogP contribution in [0, 0.1) is 6.92 Å². The summed E-state index contributed by atoms with van der Waals surface area (Å²) >= 11 is 3.65. The highest BCUT2D eigenvalue weighted by Gasteiger charge is 2.47. The fourth-order valence-corrected chi connectivity index (χ4v) is 11.7. The number of anilines is 1. The molecule has 26 heteroatoms. The van der Waals surface area contributed by atoms with Gasteiger partial charge in [-0.25, -0.2) is 9.36 Å². The van der Waals surface area contributed by atoms with Crippen molar-refractivity contribution >= 4 is 83.0 Å². The van der Waals surface area contributed by atoms with Crippen LogP contribution in [0.3, 0.4) is 0 Å². The van der Waals surface area contributed by atoms with Crippen LogP contribution < -0.4 is 25.4 Å². The lowest BCUT2D eigenvalue weighted by Crippen LogP contribution is -2.49. The van der Waals surface area contributed by atoms with Gasteiger partial charge < -0.3 is 39.7 Å². The number of hydrogen-bond acceptors (Lipinski definition) is 17. The lowest BCUT2D eigenvalue weighted by molar-refractivity contribution is -0.685. The summed E-state index contributed by atoms with van der Waals surface area (Å²) in [6, 6.07) is 4.12. The predicted molar refractivity (Wildman–Crippen MR) is 307 cm³/mol. The number of fused-ring (bicyclic) bond motifs is 6. The molecule has 0 radical (unpaired) electrons. The van der Waals surface area contributed by atoms with E-state index in [9.17, 15) is 55.0 Å². The Labute approximate surface area is 488 Å². The molecular weight excluding hydrogens is 1170 g/mol. The molecule has 1 saturated heterocycles. The third-order valence-electron chi connectivity index (χ3n) is 15.2. The number of ether oxygens (including phenoxy) is 3. The van der Waals surface area contributed by atoms with Gasteiger partial charge >= 0.3 is 11.8 Å². The van der Waals surface area contributed by atoms with E-state index in [4.69, 9.17) is 24.0 Å². The molecule has 0 spiro atoms. The summed E-state index contributed by atoms with van der Waals surface area (Å²) in [6.45, 7) is 11.2. The van der Waals surface area contributed by atoms with E-state index >= 15 is 0 Å². The molecule has 5 unspecified atom stereocenters. The third-order valence-corrected chi connectivity index (χ3v) is 17.7. The van der Waals surface area contributed by atoms with Gasteiger partial charge in [0.1, 0.15) is 12.4 Å². The largest absolute Gasteiger partial charge is 0.381 e. The van der Waals surface area contributed by atoms with Gasteiger partial charge in [-0.15, -0.1) is 5.06 Å². The Morgan fingerprint density at radius 1 is 0.939 bits per heavy atom. The van der Waals surface area contributed by atoms with E-state index in [-0.39, 0.29) is 108 Å². The zero-order valence-corrected chi connectivity index (χ0v) is 50.5. The summed E-state index contributed by atoms with van der Waals surface area (Å²) in [6.07, 6.45) is 14.0. The fourth-order valence-electron chi connectivity index (χ4n) is 10.3. The molecule has 4 aliphatic heterocycles. The van der Waals surface area contributed by atoms with E-state index in [0.29, 0.717) is 60.9 Å². The molecule has 4 aliphatic rings. The maximum Gasteiger partial charge on any atom is 0.335 e. The highest BCUT2D eigenvalue weighted by molar-refractivity contribution is 9.10. The van der Waals surface area contributed by atoms with Gasteiger partial charge in [-0.2, -0.15) is 16.8 Å². The minimum absolute atomic E-state index is 0.0204. The van der Waals surface area contributed by atoms with Crippen LogP contribution in [0.5, 0.6) is 0 Å². The average molecular weight is 1250 g/mol. The quantitative estimate of drug-likeness (QED) is 0.0546. The predicted octanol–water partition coefficient (Wildman–Crippen LogP) is 5.18. The SMILES string of the molecule is CCCCN1\C2=C/C=C/C=C/C3=Nc4c(cc(Br)c[n+]4CCC(C)S(=O)(=O)O)C3(C)CCOCCC(O)NC(C(=O)NCCOCCC(=O)ON3C(=O)CCC3=O)CCCCNC(=O)CCOCCC2(C)c2cc(S(=O)(=O)O)cc(C)c21. The summed E-state index contributed by atoms with van der Waals surface area (Å²) < 4.78 is 89.6. The van der Waals surface area contributed by atoms with E-state index in [1.807, 2.05) is 68.0 Å². The van der Waals surface area contributed by atoms with E-state index in [0.717, 1.165) is 39.8 Å². The van der Waals surface area contributed by atoms with E-state index in [2.05, 4.69) is 43.7 Å². The molecular formula is C56H79BrN7O16S2+. The number of nitrogens with zero attached hydrogens (tertiary/aromatic N) is 4. The Hall–Kier alpha value is -5.29. The molecule has 4 amide bonds. The smallest absolute Gasteiger partial charge is 0.335 e. The van der Waals surface area contributed by atoms with Crippen molar-refractivity contribution in [3.63, 3.8) is 0 Å². The minimum Gasteiger partial charge on any atom is -0.381 e. The summed E-state index contributed by atoms with van der Waals surface area (Å²) in [7, 11) is -8.85. The zero-order chi connectivity index (χ0) is 59.8. The molecule has 23 nitrogen and oxygen atoms in total. The Morgan fingerprint density at radius 2 is 1.66 bits per heavy atom. The summed E-state index contributed by atoms with van der Waals surface area (Å²) in [5.74, 6) is -2.06. The Kier molecular flexibility index (Phi) is 24.1. The maximum absolute atomic E-state index is 13.6. The lowest BCUT2D eigenvalue weighted by Gasteiger charge is -2.30. The number of aromatic nitrogens is 1. The zero-order valence-electron chi connectivity index (χ0n) is 47.3. The second kappa shape index (κ2) is 30.0. The number of pyridine rings is 1. The standard InChI is InChI=1S/C56H78BrN7O16S2/c1-6-7-26-63-46-15-10-8-9-14-45-55(4,43-35-40(57)37-62(53(43)61-45)27-18-39(3)81(71,72)73)22-31-78-29-20-48(66)60-44(54(70)59-25-33-79-30-21-51(69)80-64-49(67)16-17-50(64)68)13-11-12-24-58-47(65)19-28-77-32-23-56(46,5)42-36-41(82(74,75)76)34-38(2)52(42)63/h8-10,14-15,34-37,39,44,48,60,66H,6-7,11-13,16-33H2,1-5H3,(H3-,58,59,65,70,71,72,73,74,75,76)/p+1. The van der Waals surface area contributed by atoms with Crippen molar-refractivity contribution in [2.45, 2.75) is 158 Å². The van der Waals surface area contributed by atoms with Crippen LogP contribution in [0.15, 0.2) is 74.8 Å². The first-order valence-electron chi connectivity index (χ1n) is 27.9. The average Bonchev–Trinajstić information content (AvgIpc) is 1.99. The van der Waals surface area contributed by atoms with Crippen LogP contribution in [0.1, 0.15) is 128 Å². The van der Waals surface area contributed by atoms with E-state index < -0.39 is 72.3 Å². The van der Waals surface area contributed by atoms with Gasteiger partial charge in [0.15, 0.2) is 5.71 Å².